The van der Waals surface area contributed by atoms with E-state index in [-0.39, 0.29) is 36.7 Å². The normalized spacial score (nSPS) is 20.6. The fraction of sp³-hybridized carbons (Fsp3) is 0.350. The molecule has 5 heteroatoms. The number of carbonyl (C=O) groups excluding carboxylic acids is 1. The Hall–Kier alpha value is -2.24. The Morgan fingerprint density at radius 3 is 2.60 bits per heavy atom. The van der Waals surface area contributed by atoms with Crippen molar-refractivity contribution in [3.63, 3.8) is 0 Å². The minimum absolute atomic E-state index is 0.0140. The molecule has 0 radical (unpaired) electrons. The van der Waals surface area contributed by atoms with E-state index in [2.05, 4.69) is 22.3 Å². The van der Waals surface area contributed by atoms with Crippen LogP contribution in [0.15, 0.2) is 54.6 Å². The number of aliphatic hydroxyl groups is 1. The van der Waals surface area contributed by atoms with Crippen LogP contribution < -0.4 is 5.32 Å². The molecule has 1 amide bonds. The Labute approximate surface area is 147 Å². The summed E-state index contributed by atoms with van der Waals surface area (Å²) in [4.78, 5) is 14.5. The molecule has 1 saturated heterocycles. The third-order valence-electron chi connectivity index (χ3n) is 4.60. The van der Waals surface area contributed by atoms with Crippen LogP contribution in [0.25, 0.3) is 0 Å². The molecule has 0 aromatic heterocycles. The smallest absolute Gasteiger partial charge is 0.224 e. The summed E-state index contributed by atoms with van der Waals surface area (Å²) in [6, 6.07) is 16.1. The third-order valence-corrected chi connectivity index (χ3v) is 4.60. The van der Waals surface area contributed by atoms with Crippen molar-refractivity contribution in [1.82, 2.24) is 10.2 Å². The first-order chi connectivity index (χ1) is 12.1. The van der Waals surface area contributed by atoms with E-state index in [0.29, 0.717) is 12.1 Å². The summed E-state index contributed by atoms with van der Waals surface area (Å²) in [5.74, 6) is -0.468. The lowest BCUT2D eigenvalue weighted by atomic mass is 10.0. The second kappa shape index (κ2) is 8.23. The molecule has 0 saturated carbocycles. The molecule has 25 heavy (non-hydrogen) atoms. The molecule has 1 aliphatic heterocycles. The number of nitrogens with one attached hydrogen (secondary N) is 1. The van der Waals surface area contributed by atoms with Crippen molar-refractivity contribution in [3.05, 3.63) is 71.5 Å². The lowest BCUT2D eigenvalue weighted by Crippen LogP contribution is -2.42. The molecule has 2 N–H and O–H groups in total. The van der Waals surface area contributed by atoms with Gasteiger partial charge in [0.2, 0.25) is 5.91 Å². The maximum Gasteiger partial charge on any atom is 0.224 e. The Morgan fingerprint density at radius 1 is 1.12 bits per heavy atom. The van der Waals surface area contributed by atoms with Crippen molar-refractivity contribution >= 4 is 5.91 Å². The molecule has 2 atom stereocenters. The van der Waals surface area contributed by atoms with Crippen LogP contribution in [0.5, 0.6) is 0 Å². The van der Waals surface area contributed by atoms with Gasteiger partial charge in [-0.15, -0.1) is 0 Å². The van der Waals surface area contributed by atoms with Gasteiger partial charge in [-0.2, -0.15) is 0 Å². The minimum atomic E-state index is -0.339. The molecule has 1 fully saturated rings. The first kappa shape index (κ1) is 17.6. The van der Waals surface area contributed by atoms with Crippen LogP contribution in [0, 0.1) is 11.7 Å². The van der Waals surface area contributed by atoms with Crippen molar-refractivity contribution in [3.8, 4) is 0 Å². The average molecular weight is 342 g/mol. The predicted octanol–water partition coefficient (Wildman–Crippen LogP) is 1.98. The number of benzene rings is 2. The molecule has 0 aliphatic carbocycles. The second-order valence-electron chi connectivity index (χ2n) is 6.60. The summed E-state index contributed by atoms with van der Waals surface area (Å²) in [5, 5.41) is 12.6. The fourth-order valence-electron chi connectivity index (χ4n) is 3.37. The van der Waals surface area contributed by atoms with Crippen molar-refractivity contribution in [2.45, 2.75) is 19.0 Å². The van der Waals surface area contributed by atoms with Crippen LogP contribution in [-0.4, -0.2) is 41.7 Å². The van der Waals surface area contributed by atoms with Crippen molar-refractivity contribution in [2.24, 2.45) is 5.92 Å². The van der Waals surface area contributed by atoms with Crippen molar-refractivity contribution in [2.75, 3.05) is 19.7 Å². The Bertz CT molecular complexity index is 708. The SMILES string of the molecule is O=C(Cc1cccc(F)c1)N[C@@H]1CN(Cc2ccccc2)C[C@H]1CO. The van der Waals surface area contributed by atoms with Crippen LogP contribution in [0.3, 0.4) is 0 Å². The number of hydrogen-bond acceptors (Lipinski definition) is 3. The average Bonchev–Trinajstić information content (AvgIpc) is 2.97. The highest BCUT2D eigenvalue weighted by molar-refractivity contribution is 5.79. The van der Waals surface area contributed by atoms with E-state index in [1.54, 1.807) is 12.1 Å². The van der Waals surface area contributed by atoms with Gasteiger partial charge in [0.05, 0.1) is 6.42 Å². The molecule has 132 valence electrons. The summed E-state index contributed by atoms with van der Waals surface area (Å²) in [6.07, 6.45) is 0.144. The molecular weight excluding hydrogens is 319 g/mol. The van der Waals surface area contributed by atoms with Crippen molar-refractivity contribution in [1.29, 1.82) is 0 Å². The molecule has 0 spiro atoms. The highest BCUT2D eigenvalue weighted by Gasteiger charge is 2.33. The fourth-order valence-corrected chi connectivity index (χ4v) is 3.37. The minimum Gasteiger partial charge on any atom is -0.396 e. The Morgan fingerprint density at radius 2 is 1.88 bits per heavy atom. The second-order valence-corrected chi connectivity index (χ2v) is 6.60. The van der Waals surface area contributed by atoms with Gasteiger partial charge in [0, 0.05) is 38.2 Å². The van der Waals surface area contributed by atoms with Crippen LogP contribution in [0.4, 0.5) is 4.39 Å². The zero-order chi connectivity index (χ0) is 17.6. The molecule has 3 rings (SSSR count). The number of rotatable bonds is 6. The van der Waals surface area contributed by atoms with Gasteiger partial charge in [0.15, 0.2) is 0 Å². The molecule has 0 unspecified atom stereocenters. The number of likely N-dealkylation sites (tertiary alicyclic amines) is 1. The van der Waals surface area contributed by atoms with Gasteiger partial charge < -0.3 is 10.4 Å². The molecule has 2 aromatic carbocycles. The van der Waals surface area contributed by atoms with E-state index in [1.807, 2.05) is 18.2 Å². The van der Waals surface area contributed by atoms with Crippen LogP contribution >= 0.6 is 0 Å². The number of amides is 1. The van der Waals surface area contributed by atoms with Crippen LogP contribution in [0.2, 0.25) is 0 Å². The largest absolute Gasteiger partial charge is 0.396 e. The number of nitrogens with zero attached hydrogens (tertiary/aromatic N) is 1. The van der Waals surface area contributed by atoms with E-state index in [4.69, 9.17) is 0 Å². The highest BCUT2D eigenvalue weighted by atomic mass is 19.1. The van der Waals surface area contributed by atoms with Gasteiger partial charge in [0.25, 0.3) is 0 Å². The quantitative estimate of drug-likeness (QED) is 0.844. The number of carbonyl (C=O) groups is 1. The molecule has 2 aromatic rings. The predicted molar refractivity (Wildman–Crippen MR) is 94.3 cm³/mol. The maximum absolute atomic E-state index is 13.2. The summed E-state index contributed by atoms with van der Waals surface area (Å²) >= 11 is 0. The van der Waals surface area contributed by atoms with E-state index >= 15 is 0 Å². The van der Waals surface area contributed by atoms with Crippen LogP contribution in [-0.2, 0) is 17.8 Å². The number of hydrogen-bond donors (Lipinski definition) is 2. The molecular formula is C20H23FN2O2. The molecule has 4 nitrogen and oxygen atoms in total. The molecule has 0 bridgehead atoms. The van der Waals surface area contributed by atoms with Gasteiger partial charge in [0.1, 0.15) is 5.82 Å². The lowest BCUT2D eigenvalue weighted by molar-refractivity contribution is -0.121. The maximum atomic E-state index is 13.2. The molecule has 1 heterocycles. The van der Waals surface area contributed by atoms with E-state index in [1.165, 1.54) is 17.7 Å². The van der Waals surface area contributed by atoms with Gasteiger partial charge >= 0.3 is 0 Å². The van der Waals surface area contributed by atoms with Gasteiger partial charge in [-0.25, -0.2) is 4.39 Å². The monoisotopic (exact) mass is 342 g/mol. The number of halogens is 1. The van der Waals surface area contributed by atoms with E-state index < -0.39 is 0 Å². The summed E-state index contributed by atoms with van der Waals surface area (Å²) < 4.78 is 13.2. The van der Waals surface area contributed by atoms with Crippen molar-refractivity contribution < 1.29 is 14.3 Å². The van der Waals surface area contributed by atoms with E-state index in [0.717, 1.165) is 13.1 Å². The highest BCUT2D eigenvalue weighted by Crippen LogP contribution is 2.19. The van der Waals surface area contributed by atoms with Crippen LogP contribution in [0.1, 0.15) is 11.1 Å². The third kappa shape index (κ3) is 4.87. The van der Waals surface area contributed by atoms with Gasteiger partial charge in [-0.3, -0.25) is 9.69 Å². The zero-order valence-electron chi connectivity index (χ0n) is 14.1. The Balaban J connectivity index is 1.56. The summed E-state index contributed by atoms with van der Waals surface area (Å²) in [5.41, 5.74) is 1.86. The van der Waals surface area contributed by atoms with Gasteiger partial charge in [-0.05, 0) is 23.3 Å². The standard InChI is InChI=1S/C20H23FN2O2/c21-18-8-4-7-16(9-18)10-20(25)22-19-13-23(12-17(19)14-24)11-15-5-2-1-3-6-15/h1-9,17,19,24H,10-14H2,(H,22,25)/t17-,19+/m0/s1. The van der Waals surface area contributed by atoms with E-state index in [9.17, 15) is 14.3 Å². The number of aliphatic hydroxyl groups excluding tert-OH is 1. The molecule has 1 aliphatic rings. The van der Waals surface area contributed by atoms with Gasteiger partial charge in [-0.1, -0.05) is 42.5 Å². The lowest BCUT2D eigenvalue weighted by Gasteiger charge is -2.18. The summed E-state index contributed by atoms with van der Waals surface area (Å²) in [7, 11) is 0. The first-order valence-electron chi connectivity index (χ1n) is 8.55. The summed E-state index contributed by atoms with van der Waals surface area (Å²) in [6.45, 7) is 2.29. The Kier molecular flexibility index (Phi) is 5.79. The zero-order valence-corrected chi connectivity index (χ0v) is 14.1. The topological polar surface area (TPSA) is 52.6 Å². The first-order valence-corrected chi connectivity index (χ1v) is 8.55.